The number of benzene rings is 3. The Balaban J connectivity index is 2.01. The van der Waals surface area contributed by atoms with Crippen molar-refractivity contribution >= 4 is 11.0 Å². The normalized spacial score (nSPS) is 11.0. The Labute approximate surface area is 181 Å². The van der Waals surface area contributed by atoms with Gasteiger partial charge in [0.25, 0.3) is 11.1 Å². The first-order valence-corrected chi connectivity index (χ1v) is 9.91. The molecule has 3 aromatic carbocycles. The molecule has 0 radical (unpaired) electrons. The number of pyridine rings is 1. The van der Waals surface area contributed by atoms with E-state index in [4.69, 9.17) is 0 Å². The Morgan fingerprint density at radius 2 is 1.16 bits per heavy atom. The maximum Gasteiger partial charge on any atom is 0.341 e. The molecule has 32 heavy (non-hydrogen) atoms. The summed E-state index contributed by atoms with van der Waals surface area (Å²) < 4.78 is 2.21. The summed E-state index contributed by atoms with van der Waals surface area (Å²) in [6.45, 7) is 0. The molecule has 7 nitrogen and oxygen atoms in total. The smallest absolute Gasteiger partial charge is 0.341 e. The van der Waals surface area contributed by atoms with Gasteiger partial charge in [0.05, 0.1) is 16.9 Å². The van der Waals surface area contributed by atoms with Crippen molar-refractivity contribution < 1.29 is 5.11 Å². The van der Waals surface area contributed by atoms with Crippen LogP contribution in [0.2, 0.25) is 0 Å². The lowest BCUT2D eigenvalue weighted by Crippen LogP contribution is -2.39. The molecule has 156 valence electrons. The molecule has 0 saturated heterocycles. The Bertz CT molecular complexity index is 1620. The van der Waals surface area contributed by atoms with Gasteiger partial charge in [-0.1, -0.05) is 66.7 Å². The Kier molecular flexibility index (Phi) is 4.56. The van der Waals surface area contributed by atoms with Gasteiger partial charge in [-0.2, -0.15) is 0 Å². The van der Waals surface area contributed by atoms with Gasteiger partial charge in [0, 0.05) is 0 Å². The molecule has 0 aliphatic heterocycles. The molecule has 2 N–H and O–H groups in total. The van der Waals surface area contributed by atoms with Crippen LogP contribution in [0.4, 0.5) is 0 Å². The maximum atomic E-state index is 13.5. The van der Waals surface area contributed by atoms with E-state index < -0.39 is 22.6 Å². The van der Waals surface area contributed by atoms with E-state index >= 15 is 0 Å². The second-order valence-electron chi connectivity index (χ2n) is 7.20. The molecular formula is C25H17N3O4. The number of nitrogens with zero attached hydrogens (tertiary/aromatic N) is 2. The second kappa shape index (κ2) is 7.55. The fraction of sp³-hybridized carbons (Fsp3) is 0. The highest BCUT2D eigenvalue weighted by Crippen LogP contribution is 2.30. The molecule has 5 aromatic rings. The van der Waals surface area contributed by atoms with Crippen molar-refractivity contribution in [2.24, 2.45) is 0 Å². The molecule has 0 aliphatic carbocycles. The molecule has 0 amide bonds. The zero-order chi connectivity index (χ0) is 22.2. The number of rotatable bonds is 3. The van der Waals surface area contributed by atoms with Gasteiger partial charge in [-0.15, -0.1) is 0 Å². The summed E-state index contributed by atoms with van der Waals surface area (Å²) in [6, 6.07) is 25.6. The highest BCUT2D eigenvalue weighted by atomic mass is 16.3. The van der Waals surface area contributed by atoms with Crippen molar-refractivity contribution in [3.05, 3.63) is 122 Å². The Morgan fingerprint density at radius 3 is 1.72 bits per heavy atom. The Hall–Kier alpha value is -4.65. The van der Waals surface area contributed by atoms with E-state index in [1.165, 1.54) is 4.57 Å². The quantitative estimate of drug-likeness (QED) is 0.466. The number of aromatic hydroxyl groups is 1. The minimum absolute atomic E-state index is 0.0342. The van der Waals surface area contributed by atoms with E-state index in [-0.39, 0.29) is 16.6 Å². The van der Waals surface area contributed by atoms with Gasteiger partial charge in [0.1, 0.15) is 16.8 Å². The lowest BCUT2D eigenvalue weighted by Gasteiger charge is -2.16. The van der Waals surface area contributed by atoms with Crippen LogP contribution < -0.4 is 16.8 Å². The van der Waals surface area contributed by atoms with Crippen LogP contribution in [0.5, 0.6) is 5.75 Å². The van der Waals surface area contributed by atoms with Gasteiger partial charge in [0.2, 0.25) is 0 Å². The molecule has 0 spiro atoms. The van der Waals surface area contributed by atoms with Gasteiger partial charge in [-0.25, -0.2) is 13.9 Å². The maximum absolute atomic E-state index is 13.5. The van der Waals surface area contributed by atoms with Crippen molar-refractivity contribution in [2.45, 2.75) is 0 Å². The summed E-state index contributed by atoms with van der Waals surface area (Å²) in [5.74, 6) is -0.477. The number of para-hydroxylation sites is 2. The highest BCUT2D eigenvalue weighted by Gasteiger charge is 2.23. The van der Waals surface area contributed by atoms with E-state index in [0.29, 0.717) is 16.9 Å². The predicted octanol–water partition coefficient (Wildman–Crippen LogP) is 3.20. The zero-order valence-corrected chi connectivity index (χ0v) is 16.7. The molecule has 0 bridgehead atoms. The van der Waals surface area contributed by atoms with Crippen LogP contribution in [0.1, 0.15) is 0 Å². The van der Waals surface area contributed by atoms with Crippen LogP contribution in [-0.2, 0) is 0 Å². The summed E-state index contributed by atoms with van der Waals surface area (Å²) in [7, 11) is 0. The number of aromatic nitrogens is 3. The third-order valence-corrected chi connectivity index (χ3v) is 5.28. The fourth-order valence-corrected chi connectivity index (χ4v) is 3.84. The fourth-order valence-electron chi connectivity index (χ4n) is 3.84. The Morgan fingerprint density at radius 1 is 0.656 bits per heavy atom. The molecule has 0 atom stereocenters. The van der Waals surface area contributed by atoms with E-state index in [0.717, 1.165) is 4.57 Å². The minimum Gasteiger partial charge on any atom is -0.506 e. The van der Waals surface area contributed by atoms with Gasteiger partial charge < -0.3 is 10.1 Å². The van der Waals surface area contributed by atoms with Crippen LogP contribution in [0.25, 0.3) is 33.5 Å². The minimum atomic E-state index is -0.727. The van der Waals surface area contributed by atoms with Crippen LogP contribution in [0, 0.1) is 0 Å². The standard InChI is InChI=1S/C25H17N3O4/c29-21-19(16-10-4-1-5-11-16)23(30)26-22-20(21)24(31)28(18-14-8-3-9-15-18)25(32)27(22)17-12-6-2-7-13-17/h1-15H,(H2,26,29,30). The van der Waals surface area contributed by atoms with Gasteiger partial charge in [0.15, 0.2) is 0 Å². The summed E-state index contributed by atoms with van der Waals surface area (Å²) in [5, 5.41) is 11.0. The third kappa shape index (κ3) is 2.95. The van der Waals surface area contributed by atoms with Crippen molar-refractivity contribution in [3.8, 4) is 28.3 Å². The molecule has 0 unspecified atom stereocenters. The van der Waals surface area contributed by atoms with Gasteiger partial charge in [-0.3, -0.25) is 9.59 Å². The number of nitrogens with one attached hydrogen (secondary N) is 1. The third-order valence-electron chi connectivity index (χ3n) is 5.28. The highest BCUT2D eigenvalue weighted by molar-refractivity contribution is 5.90. The number of fused-ring (bicyclic) bond motifs is 1. The van der Waals surface area contributed by atoms with Crippen molar-refractivity contribution in [2.75, 3.05) is 0 Å². The number of aromatic amines is 1. The average Bonchev–Trinajstić information content (AvgIpc) is 2.81. The lowest BCUT2D eigenvalue weighted by molar-refractivity contribution is 0.481. The molecule has 0 aliphatic rings. The van der Waals surface area contributed by atoms with E-state index in [2.05, 4.69) is 4.98 Å². The molecule has 2 aromatic heterocycles. The summed E-state index contributed by atoms with van der Waals surface area (Å²) in [5.41, 5.74) is -0.862. The predicted molar refractivity (Wildman–Crippen MR) is 123 cm³/mol. The summed E-state index contributed by atoms with van der Waals surface area (Å²) in [6.07, 6.45) is 0. The molecule has 7 heteroatoms. The van der Waals surface area contributed by atoms with Crippen LogP contribution in [0.3, 0.4) is 0 Å². The van der Waals surface area contributed by atoms with Crippen molar-refractivity contribution in [3.63, 3.8) is 0 Å². The monoisotopic (exact) mass is 423 g/mol. The first-order chi connectivity index (χ1) is 15.6. The number of H-pyrrole nitrogens is 1. The van der Waals surface area contributed by atoms with Gasteiger partial charge in [-0.05, 0) is 29.8 Å². The second-order valence-corrected chi connectivity index (χ2v) is 7.20. The van der Waals surface area contributed by atoms with Crippen LogP contribution in [-0.4, -0.2) is 19.2 Å². The van der Waals surface area contributed by atoms with E-state index in [1.54, 1.807) is 91.0 Å². The SMILES string of the molecule is O=c1[nH]c2c(c(O)c1-c1ccccc1)c(=O)n(-c1ccccc1)c(=O)n2-c1ccccc1. The van der Waals surface area contributed by atoms with Gasteiger partial charge >= 0.3 is 5.69 Å². The molecular weight excluding hydrogens is 406 g/mol. The largest absolute Gasteiger partial charge is 0.506 e. The molecule has 0 fully saturated rings. The lowest BCUT2D eigenvalue weighted by atomic mass is 10.0. The van der Waals surface area contributed by atoms with Crippen LogP contribution in [0.15, 0.2) is 105 Å². The van der Waals surface area contributed by atoms with E-state index in [1.807, 2.05) is 0 Å². The summed E-state index contributed by atoms with van der Waals surface area (Å²) in [4.78, 5) is 42.7. The molecule has 2 heterocycles. The topological polar surface area (TPSA) is 97.1 Å². The van der Waals surface area contributed by atoms with Crippen molar-refractivity contribution in [1.29, 1.82) is 0 Å². The van der Waals surface area contributed by atoms with E-state index in [9.17, 15) is 19.5 Å². The first kappa shape index (κ1) is 19.3. The zero-order valence-electron chi connectivity index (χ0n) is 16.7. The number of hydrogen-bond acceptors (Lipinski definition) is 4. The van der Waals surface area contributed by atoms with Crippen LogP contribution >= 0.6 is 0 Å². The number of hydrogen-bond donors (Lipinski definition) is 2. The summed E-state index contributed by atoms with van der Waals surface area (Å²) >= 11 is 0. The van der Waals surface area contributed by atoms with Crippen molar-refractivity contribution in [1.82, 2.24) is 14.1 Å². The molecule has 0 saturated carbocycles. The molecule has 5 rings (SSSR count). The first-order valence-electron chi connectivity index (χ1n) is 9.91. The average molecular weight is 423 g/mol.